The molecule has 23 heteroatoms. The maximum atomic E-state index is 12.0. The van der Waals surface area contributed by atoms with Gasteiger partial charge in [-0.2, -0.15) is 30.0 Å². The number of nitrogen functional groups attached to an aromatic ring is 1. The number of anilines is 3. The summed E-state index contributed by atoms with van der Waals surface area (Å²) in [6, 6.07) is 6.39. The Hall–Kier alpha value is -6.25. The van der Waals surface area contributed by atoms with Crippen LogP contribution in [-0.4, -0.2) is 100 Å². The van der Waals surface area contributed by atoms with Crippen LogP contribution < -0.4 is 31.2 Å². The number of carbonyl (C=O) groups excluding carboxylic acids is 2. The lowest BCUT2D eigenvalue weighted by molar-refractivity contribution is 0.0949. The number of nitrogens with zero attached hydrogens (tertiary/aromatic N) is 12. The van der Waals surface area contributed by atoms with Gasteiger partial charge < -0.3 is 31.2 Å². The third-order valence-corrected chi connectivity index (χ3v) is 7.27. The molecule has 6 aromatic heterocycles. The minimum Gasteiger partial charge on any atom is -0.492 e. The number of amides is 2. The molecule has 6 aromatic rings. The van der Waals surface area contributed by atoms with E-state index in [-0.39, 0.29) is 32.6 Å². The molecule has 0 aliphatic heterocycles. The van der Waals surface area contributed by atoms with E-state index in [9.17, 15) is 9.59 Å². The van der Waals surface area contributed by atoms with Gasteiger partial charge in [-0.05, 0) is 18.2 Å². The summed E-state index contributed by atoms with van der Waals surface area (Å²) in [6.45, 7) is 0. The predicted molar refractivity (Wildman–Crippen MR) is 195 cm³/mol. The smallest absolute Gasteiger partial charge is 0.273 e. The van der Waals surface area contributed by atoms with E-state index in [1.807, 2.05) is 0 Å². The molecule has 0 aliphatic rings. The van der Waals surface area contributed by atoms with Gasteiger partial charge in [-0.1, -0.05) is 34.8 Å². The molecule has 6 rings (SSSR count). The maximum Gasteiger partial charge on any atom is 0.273 e. The topological polar surface area (TPSA) is 253 Å². The molecule has 0 radical (unpaired) electrons. The van der Waals surface area contributed by atoms with Gasteiger partial charge in [-0.3, -0.25) is 9.59 Å². The fraction of sp³-hybridized carbons (Fsp3) is 0.200. The predicted octanol–water partition coefficient (Wildman–Crippen LogP) is 3.04. The third-order valence-electron chi connectivity index (χ3n) is 6.61. The van der Waals surface area contributed by atoms with Gasteiger partial charge in [0.25, 0.3) is 11.8 Å². The minimum absolute atomic E-state index is 0.0727. The van der Waals surface area contributed by atoms with Gasteiger partial charge in [0.05, 0.1) is 48.5 Å². The van der Waals surface area contributed by atoms with Crippen molar-refractivity contribution >= 4 is 63.9 Å². The number of carbonyl (C=O) groups is 2. The van der Waals surface area contributed by atoms with Crippen molar-refractivity contribution in [3.05, 3.63) is 75.8 Å². The van der Waals surface area contributed by atoms with Gasteiger partial charge in [0, 0.05) is 46.7 Å². The molecule has 0 spiro atoms. The summed E-state index contributed by atoms with van der Waals surface area (Å²) in [5, 5.41) is 39.4. The molecular formula is C30H31Cl3N16O4. The van der Waals surface area contributed by atoms with Crippen molar-refractivity contribution < 1.29 is 19.1 Å². The highest BCUT2D eigenvalue weighted by Crippen LogP contribution is 2.36. The number of halogens is 3. The summed E-state index contributed by atoms with van der Waals surface area (Å²) in [5.41, 5.74) is 8.98. The standard InChI is InChI=1S/C15H15ClN8O2.C9H11N5O.C6H5Cl2N3O/c1-17-15(25)12-9(6-11(16)21-22-12)20-14-13(26-3)8(4-5-18-14)10-7-19-24(2)23-10;1-14-12-5-7(13-14)6-3-4-11-9(10)8(6)15-2;1-9-6(12)5-3(7)2-4(8)10-11-5/h4-7H,1-3H3,(H,17,25)(H,18,20,21);3-5H,1-2H3,(H2,10,11);2H,1H3,(H,9,12). The molecule has 0 saturated carbocycles. The van der Waals surface area contributed by atoms with Crippen LogP contribution in [0.25, 0.3) is 22.5 Å². The third kappa shape index (κ3) is 9.96. The van der Waals surface area contributed by atoms with E-state index in [0.29, 0.717) is 45.8 Å². The second-order valence-corrected chi connectivity index (χ2v) is 11.2. The van der Waals surface area contributed by atoms with Crippen molar-refractivity contribution in [3.63, 3.8) is 0 Å². The second-order valence-electron chi connectivity index (χ2n) is 10.0. The van der Waals surface area contributed by atoms with Gasteiger partial charge in [-0.25, -0.2) is 9.97 Å². The van der Waals surface area contributed by atoms with E-state index < -0.39 is 5.91 Å². The Morgan fingerprint density at radius 3 is 1.75 bits per heavy atom. The van der Waals surface area contributed by atoms with Crippen LogP contribution in [-0.2, 0) is 14.1 Å². The molecule has 0 saturated heterocycles. The van der Waals surface area contributed by atoms with Gasteiger partial charge in [-0.15, -0.1) is 20.4 Å². The van der Waals surface area contributed by atoms with E-state index in [2.05, 4.69) is 66.7 Å². The number of nitrogens with one attached hydrogen (secondary N) is 3. The second kappa shape index (κ2) is 18.3. The summed E-state index contributed by atoms with van der Waals surface area (Å²) in [7, 11) is 9.51. The minimum atomic E-state index is -0.416. The Morgan fingerprint density at radius 2 is 1.25 bits per heavy atom. The highest BCUT2D eigenvalue weighted by Gasteiger charge is 2.19. The Kier molecular flexibility index (Phi) is 13.7. The van der Waals surface area contributed by atoms with Gasteiger partial charge in [0.2, 0.25) is 0 Å². The van der Waals surface area contributed by atoms with Gasteiger partial charge >= 0.3 is 0 Å². The lowest BCUT2D eigenvalue weighted by Gasteiger charge is -2.14. The maximum absolute atomic E-state index is 12.0. The van der Waals surface area contributed by atoms with Crippen LogP contribution in [0.1, 0.15) is 21.0 Å². The zero-order valence-electron chi connectivity index (χ0n) is 28.8. The fourth-order valence-corrected chi connectivity index (χ4v) is 4.84. The van der Waals surface area contributed by atoms with Crippen molar-refractivity contribution in [2.45, 2.75) is 0 Å². The number of hydrogen-bond donors (Lipinski definition) is 4. The summed E-state index contributed by atoms with van der Waals surface area (Å²) < 4.78 is 10.7. The number of nitrogens with two attached hydrogens (primary N) is 1. The van der Waals surface area contributed by atoms with Crippen LogP contribution >= 0.6 is 34.8 Å². The fourth-order valence-electron chi connectivity index (χ4n) is 4.26. The average molecular weight is 786 g/mol. The molecule has 0 atom stereocenters. The lowest BCUT2D eigenvalue weighted by atomic mass is 10.2. The number of methoxy groups -OCH3 is 2. The highest BCUT2D eigenvalue weighted by molar-refractivity contribution is 6.35. The van der Waals surface area contributed by atoms with Crippen molar-refractivity contribution in [2.75, 3.05) is 39.4 Å². The van der Waals surface area contributed by atoms with Crippen LogP contribution in [0.3, 0.4) is 0 Å². The Bertz CT molecular complexity index is 2210. The Morgan fingerprint density at radius 1 is 0.736 bits per heavy atom. The molecule has 2 amide bonds. The van der Waals surface area contributed by atoms with Crippen molar-refractivity contribution in [1.29, 1.82) is 0 Å². The van der Waals surface area contributed by atoms with Crippen LogP contribution in [0.4, 0.5) is 17.3 Å². The van der Waals surface area contributed by atoms with Crippen LogP contribution in [0.15, 0.2) is 49.1 Å². The molecular weight excluding hydrogens is 755 g/mol. The molecule has 0 aromatic carbocycles. The monoisotopic (exact) mass is 784 g/mol. The summed E-state index contributed by atoms with van der Waals surface area (Å²) in [6.07, 6.45) is 6.46. The highest BCUT2D eigenvalue weighted by atomic mass is 35.5. The van der Waals surface area contributed by atoms with Crippen LogP contribution in [0.5, 0.6) is 11.5 Å². The normalized spacial score (nSPS) is 10.2. The number of aromatic nitrogens is 12. The zero-order valence-corrected chi connectivity index (χ0v) is 31.1. The van der Waals surface area contributed by atoms with E-state index in [4.69, 9.17) is 50.0 Å². The van der Waals surface area contributed by atoms with Gasteiger partial charge in [0.1, 0.15) is 11.4 Å². The average Bonchev–Trinajstić information content (AvgIpc) is 3.79. The molecule has 0 unspecified atom stereocenters. The molecule has 20 nitrogen and oxygen atoms in total. The number of rotatable bonds is 8. The van der Waals surface area contributed by atoms with E-state index in [1.165, 1.54) is 42.9 Å². The number of aryl methyl sites for hydroxylation is 2. The molecule has 6 heterocycles. The Balaban J connectivity index is 0.000000196. The lowest BCUT2D eigenvalue weighted by Crippen LogP contribution is -2.21. The van der Waals surface area contributed by atoms with E-state index in [0.717, 1.165) is 5.56 Å². The molecule has 0 bridgehead atoms. The number of pyridine rings is 2. The van der Waals surface area contributed by atoms with Crippen LogP contribution in [0, 0.1) is 0 Å². The first-order valence-electron chi connectivity index (χ1n) is 14.9. The first-order chi connectivity index (χ1) is 25.4. The SMILES string of the molecule is CNC(=O)c1nnc(Cl)cc1Cl.CNC(=O)c1nnc(Cl)cc1Nc1nccc(-c2cnn(C)n2)c1OC.COc1c(-c2cnn(C)n2)ccnc1N. The first-order valence-corrected chi connectivity index (χ1v) is 16.0. The Labute approximate surface area is 316 Å². The molecule has 5 N–H and O–H groups in total. The summed E-state index contributed by atoms with van der Waals surface area (Å²) >= 11 is 17.0. The molecule has 276 valence electrons. The van der Waals surface area contributed by atoms with E-state index >= 15 is 0 Å². The molecule has 0 fully saturated rings. The summed E-state index contributed by atoms with van der Waals surface area (Å²) in [4.78, 5) is 34.2. The number of ether oxygens (including phenoxy) is 2. The summed E-state index contributed by atoms with van der Waals surface area (Å²) in [5.74, 6) is 0.872. The quantitative estimate of drug-likeness (QED) is 0.173. The van der Waals surface area contributed by atoms with Crippen LogP contribution in [0.2, 0.25) is 15.3 Å². The van der Waals surface area contributed by atoms with E-state index in [1.54, 1.807) is 58.1 Å². The zero-order chi connectivity index (χ0) is 38.7. The number of hydrogen-bond acceptors (Lipinski definition) is 16. The van der Waals surface area contributed by atoms with Gasteiger partial charge in [0.15, 0.2) is 44.8 Å². The largest absolute Gasteiger partial charge is 0.492 e. The first kappa shape index (κ1) is 39.5. The molecule has 53 heavy (non-hydrogen) atoms. The van der Waals surface area contributed by atoms with Crippen molar-refractivity contribution in [1.82, 2.24) is 71.0 Å². The molecule has 0 aliphatic carbocycles. The van der Waals surface area contributed by atoms with Crippen molar-refractivity contribution in [2.24, 2.45) is 14.1 Å². The van der Waals surface area contributed by atoms with Crippen molar-refractivity contribution in [3.8, 4) is 34.0 Å².